The molecule has 12 nitrogen and oxygen atoms in total. The van der Waals surface area contributed by atoms with Gasteiger partial charge in [0.2, 0.25) is 0 Å². The van der Waals surface area contributed by atoms with Crippen LogP contribution in [0.5, 0.6) is 0 Å². The van der Waals surface area contributed by atoms with Crippen LogP contribution in [0.2, 0.25) is 0 Å². The predicted molar refractivity (Wildman–Crippen MR) is 48.3 cm³/mol. The molecule has 0 aliphatic carbocycles. The van der Waals surface area contributed by atoms with Crippen LogP contribution in [0.1, 0.15) is 7.43 Å². The summed E-state index contributed by atoms with van der Waals surface area (Å²) >= 11 is 0. The molecule has 1 radical (unpaired) electrons. The number of rotatable bonds is 0. The van der Waals surface area contributed by atoms with Gasteiger partial charge in [-0.2, -0.15) is 4.89 Å². The molecular weight excluding hydrogens is 468 g/mol. The van der Waals surface area contributed by atoms with Crippen molar-refractivity contribution >= 4 is 33.0 Å². The van der Waals surface area contributed by atoms with Crippen molar-refractivity contribution in [2.75, 3.05) is 0 Å². The van der Waals surface area contributed by atoms with Gasteiger partial charge in [-0.25, -0.2) is 0 Å². The first kappa shape index (κ1) is 36.6. The molecule has 0 fully saturated rings. The third-order valence-electron chi connectivity index (χ3n) is 0. The third kappa shape index (κ3) is 2230. The van der Waals surface area contributed by atoms with Gasteiger partial charge in [-0.15, -0.1) is 19.6 Å². The van der Waals surface area contributed by atoms with E-state index < -0.39 is 33.0 Å². The van der Waals surface area contributed by atoms with Crippen molar-refractivity contribution in [2.45, 2.75) is 7.43 Å². The minimum atomic E-state index is -3.37. The fourth-order valence-corrected chi connectivity index (χ4v) is 0. The third-order valence-corrected chi connectivity index (χ3v) is 0. The summed E-state index contributed by atoms with van der Waals surface area (Å²) in [7, 11) is -12.2. The summed E-state index contributed by atoms with van der Waals surface area (Å²) in [5, 5.41) is 0. The van der Waals surface area contributed by atoms with Crippen LogP contribution < -0.4 is 14.7 Å². The molecule has 0 spiro atoms. The summed E-state index contributed by atoms with van der Waals surface area (Å²) in [5.74, 6) is 0. The fraction of sp³-hybridized carbons (Fsp3) is 1.00. The average molecular weight is 477 g/mol. The first-order chi connectivity index (χ1) is 6.93. The van der Waals surface area contributed by atoms with E-state index in [9.17, 15) is 0 Å². The summed E-state index contributed by atoms with van der Waals surface area (Å²) in [5.41, 5.74) is 0. The van der Waals surface area contributed by atoms with Crippen LogP contribution in [0.4, 0.5) is 0 Å². The summed E-state index contributed by atoms with van der Waals surface area (Å²) in [6, 6.07) is 0. The van der Waals surface area contributed by atoms with Crippen LogP contribution in [-0.2, 0) is 18.3 Å². The van der Waals surface area contributed by atoms with E-state index in [0.29, 0.717) is 0 Å². The second-order valence-corrected chi connectivity index (χ2v) is 2.90. The Hall–Kier alpha value is 1.46. The van der Waals surface area contributed by atoms with E-state index in [1.54, 1.807) is 0 Å². The van der Waals surface area contributed by atoms with Gasteiger partial charge in [0, 0.05) is 9.13 Å². The Morgan fingerprint density at radius 1 is 0.667 bits per heavy atom. The fourth-order valence-electron chi connectivity index (χ4n) is 0. The van der Waals surface area contributed by atoms with Crippen LogP contribution in [0, 0.1) is 41.7 Å². The van der Waals surface area contributed by atoms with Gasteiger partial charge in [-0.1, -0.05) is 12.0 Å². The molecule has 0 bridgehead atoms. The van der Waals surface area contributed by atoms with Crippen LogP contribution in [0.15, 0.2) is 0 Å². The molecule has 1 unspecified atom stereocenters. The summed E-state index contributed by atoms with van der Waals surface area (Å²) in [6.45, 7) is 0. The molecule has 1 atom stereocenters. The molecule has 0 aromatic heterocycles. The molecule has 0 heterocycles. The van der Waals surface area contributed by atoms with Gasteiger partial charge in [-0.05, 0) is 4.57 Å². The van der Waals surface area contributed by atoms with Crippen molar-refractivity contribution in [3.63, 3.8) is 0 Å². The smallest absolute Gasteiger partial charge is 0.598 e. The van der Waals surface area contributed by atoms with Crippen LogP contribution in [0.3, 0.4) is 0 Å². The minimum Gasteiger partial charge on any atom is -0.598 e. The second-order valence-electron chi connectivity index (χ2n) is 0.967. The van der Waals surface area contributed by atoms with E-state index in [2.05, 4.69) is 0 Å². The van der Waals surface area contributed by atoms with Gasteiger partial charge < -0.3 is 14.7 Å². The van der Waals surface area contributed by atoms with Crippen LogP contribution in [0.25, 0.3) is 0 Å². The predicted octanol–water partition coefficient (Wildman–Crippen LogP) is -2.75. The van der Waals surface area contributed by atoms with E-state index in [-0.39, 0.29) is 49.2 Å². The van der Waals surface area contributed by atoms with Crippen molar-refractivity contribution < 1.29 is 99.2 Å². The molecule has 0 aromatic rings. The van der Waals surface area contributed by atoms with E-state index >= 15 is 0 Å². The average Bonchev–Trinajstić information content (AvgIpc) is 1.76. The molecule has 0 saturated carbocycles. The normalized spacial score (nSPS) is 6.78. The molecule has 0 amide bonds. The second kappa shape index (κ2) is 31.1. The Balaban J connectivity index is -0.0000000257. The largest absolute Gasteiger partial charge is 3.00 e. The minimum absolute atomic E-state index is 0. The molecule has 0 aromatic carbocycles. The first-order valence-electron chi connectivity index (χ1n) is 2.28. The van der Waals surface area contributed by atoms with Gasteiger partial charge in [0.05, 0.1) is 0 Å². The summed E-state index contributed by atoms with van der Waals surface area (Å²) in [6.07, 6.45) is 0. The summed E-state index contributed by atoms with van der Waals surface area (Å²) < 4.78 is 34.5. The van der Waals surface area contributed by atoms with Crippen molar-refractivity contribution in [3.05, 3.63) is 0 Å². The Labute approximate surface area is 139 Å². The monoisotopic (exact) mass is 477 g/mol. The zero-order valence-corrected chi connectivity index (χ0v) is 14.1. The molecule has 17 heteroatoms. The topological polar surface area (TPSA) is 239 Å². The standard InChI is InChI=1S/CH4.Ce.4HO3P/c;;4*1-4(2)3/h1H4;;2*(H-,1,2,3);2*(H,1,2,3)/q;+3;;;;/p+1. The van der Waals surface area contributed by atoms with Crippen molar-refractivity contribution in [3.8, 4) is 0 Å². The maximum absolute atomic E-state index is 8.70. The quantitative estimate of drug-likeness (QED) is 0.223. The van der Waals surface area contributed by atoms with Crippen molar-refractivity contribution in [2.24, 2.45) is 0 Å². The SMILES string of the molecule is C.O=[P+](O)O.O=[P+](O)O.O=[P+]([O-])O.O=[P+]([O-])[O-].[Ce+3]. The van der Waals surface area contributed by atoms with E-state index in [4.69, 9.17) is 57.4 Å². The Kier molecular flexibility index (Phi) is 63.2. The molecule has 0 saturated heterocycles. The van der Waals surface area contributed by atoms with Crippen molar-refractivity contribution in [1.82, 2.24) is 0 Å². The molecule has 0 rings (SSSR count). The van der Waals surface area contributed by atoms with Gasteiger partial charge in [0.25, 0.3) is 8.25 Å². The van der Waals surface area contributed by atoms with E-state index in [1.807, 2.05) is 0 Å². The molecule has 0 aliphatic rings. The number of hydrogen-bond acceptors (Lipinski definition) is 7. The maximum Gasteiger partial charge on any atom is 3.00 e. The molecule has 5 N–H and O–H groups in total. The summed E-state index contributed by atoms with van der Waals surface area (Å²) in [4.78, 5) is 61.0. The number of hydrogen-bond donors (Lipinski definition) is 5. The van der Waals surface area contributed by atoms with Crippen LogP contribution >= 0.6 is 33.0 Å². The first-order valence-corrected chi connectivity index (χ1v) is 6.83. The maximum atomic E-state index is 8.70. The molecule has 105 valence electrons. The Bertz CT molecular complexity index is 164. The van der Waals surface area contributed by atoms with Gasteiger partial charge in [0.15, 0.2) is 0 Å². The van der Waals surface area contributed by atoms with Gasteiger partial charge in [0.1, 0.15) is 0 Å². The van der Waals surface area contributed by atoms with E-state index in [0.717, 1.165) is 0 Å². The molecular formula is CH9CeO12P4+4. The zero-order chi connectivity index (χ0) is 14.3. The van der Waals surface area contributed by atoms with E-state index in [1.165, 1.54) is 0 Å². The Morgan fingerprint density at radius 2 is 0.667 bits per heavy atom. The molecule has 0 aliphatic heterocycles. The zero-order valence-electron chi connectivity index (χ0n) is 7.38. The van der Waals surface area contributed by atoms with Crippen molar-refractivity contribution in [1.29, 1.82) is 0 Å². The Morgan fingerprint density at radius 3 is 0.667 bits per heavy atom. The van der Waals surface area contributed by atoms with Gasteiger partial charge in [-0.3, -0.25) is 0 Å². The van der Waals surface area contributed by atoms with Crippen LogP contribution in [-0.4, -0.2) is 24.5 Å². The molecule has 18 heavy (non-hydrogen) atoms. The van der Waals surface area contributed by atoms with Gasteiger partial charge >= 0.3 is 66.5 Å².